The monoisotopic (exact) mass is 379 g/mol. The highest BCUT2D eigenvalue weighted by atomic mass is 16.4. The highest BCUT2D eigenvalue weighted by molar-refractivity contribution is 5.80. The van der Waals surface area contributed by atoms with Crippen LogP contribution in [0.15, 0.2) is 42.5 Å². The van der Waals surface area contributed by atoms with Gasteiger partial charge in [0.2, 0.25) is 5.91 Å². The Balaban J connectivity index is 1.77. The van der Waals surface area contributed by atoms with Gasteiger partial charge in [0, 0.05) is 0 Å². The molecule has 2 aromatic rings. The number of rotatable bonds is 7. The van der Waals surface area contributed by atoms with Gasteiger partial charge in [-0.15, -0.1) is 0 Å². The third-order valence-corrected chi connectivity index (χ3v) is 5.69. The van der Waals surface area contributed by atoms with Gasteiger partial charge < -0.3 is 10.4 Å². The summed E-state index contributed by atoms with van der Waals surface area (Å²) in [5.41, 5.74) is 5.67. The molecule has 1 amide bonds. The zero-order valence-corrected chi connectivity index (χ0v) is 16.7. The zero-order chi connectivity index (χ0) is 20.1. The molecule has 3 rings (SSSR count). The van der Waals surface area contributed by atoms with Crippen molar-refractivity contribution in [3.05, 3.63) is 70.3 Å². The average molecular weight is 380 g/mol. The fraction of sp³-hybridized carbons (Fsp3) is 0.417. The van der Waals surface area contributed by atoms with Gasteiger partial charge in [0.15, 0.2) is 0 Å². The molecule has 1 aliphatic carbocycles. The molecule has 0 unspecified atom stereocenters. The van der Waals surface area contributed by atoms with Crippen molar-refractivity contribution in [1.29, 1.82) is 0 Å². The minimum Gasteiger partial charge on any atom is -0.481 e. The van der Waals surface area contributed by atoms with Gasteiger partial charge in [-0.1, -0.05) is 55.0 Å². The van der Waals surface area contributed by atoms with E-state index in [0.717, 1.165) is 29.5 Å². The van der Waals surface area contributed by atoms with Crippen molar-refractivity contribution in [2.45, 2.75) is 58.4 Å². The van der Waals surface area contributed by atoms with E-state index in [1.807, 2.05) is 44.2 Å². The summed E-state index contributed by atoms with van der Waals surface area (Å²) in [6.07, 6.45) is 5.36. The normalized spacial score (nSPS) is 15.4. The molecule has 0 fully saturated rings. The Morgan fingerprint density at radius 2 is 1.71 bits per heavy atom. The van der Waals surface area contributed by atoms with E-state index >= 15 is 0 Å². The number of carboxylic acid groups (broad SMARTS) is 1. The number of aryl methyl sites for hydroxylation is 3. The van der Waals surface area contributed by atoms with Crippen LogP contribution in [0.25, 0.3) is 0 Å². The van der Waals surface area contributed by atoms with Crippen LogP contribution in [0.2, 0.25) is 0 Å². The molecule has 0 spiro atoms. The van der Waals surface area contributed by atoms with Crippen molar-refractivity contribution in [3.63, 3.8) is 0 Å². The maximum absolute atomic E-state index is 12.8. The lowest BCUT2D eigenvalue weighted by molar-refractivity contribution is -0.143. The van der Waals surface area contributed by atoms with Gasteiger partial charge >= 0.3 is 5.97 Å². The van der Waals surface area contributed by atoms with Crippen molar-refractivity contribution < 1.29 is 14.7 Å². The highest BCUT2D eigenvalue weighted by Crippen LogP contribution is 2.26. The first kappa shape index (κ1) is 20.1. The second-order valence-electron chi connectivity index (χ2n) is 7.80. The number of carbonyl (C=O) groups excluding carboxylic acids is 1. The molecule has 2 N–H and O–H groups in total. The second kappa shape index (κ2) is 9.05. The van der Waals surface area contributed by atoms with E-state index in [9.17, 15) is 14.7 Å². The lowest BCUT2D eigenvalue weighted by Gasteiger charge is -2.25. The summed E-state index contributed by atoms with van der Waals surface area (Å²) in [5.74, 6) is -1.68. The number of fused-ring (bicyclic) bond motifs is 1. The second-order valence-corrected chi connectivity index (χ2v) is 7.80. The van der Waals surface area contributed by atoms with E-state index in [0.29, 0.717) is 6.42 Å². The van der Waals surface area contributed by atoms with E-state index in [4.69, 9.17) is 0 Å². The summed E-state index contributed by atoms with van der Waals surface area (Å²) in [5, 5.41) is 12.6. The minimum atomic E-state index is -0.887. The fourth-order valence-electron chi connectivity index (χ4n) is 4.05. The number of carbonyl (C=O) groups is 2. The third kappa shape index (κ3) is 4.80. The maximum Gasteiger partial charge on any atom is 0.308 e. The molecule has 4 heteroatoms. The number of hydrogen-bond acceptors (Lipinski definition) is 2. The first-order valence-electron chi connectivity index (χ1n) is 10.2. The zero-order valence-electron chi connectivity index (χ0n) is 16.7. The molecule has 0 saturated carbocycles. The van der Waals surface area contributed by atoms with Gasteiger partial charge in [0.25, 0.3) is 0 Å². The quantitative estimate of drug-likeness (QED) is 0.750. The van der Waals surface area contributed by atoms with Crippen LogP contribution in [0, 0.1) is 12.8 Å². The van der Waals surface area contributed by atoms with Gasteiger partial charge in [-0.2, -0.15) is 0 Å². The number of aliphatic carboxylic acids is 1. The average Bonchev–Trinajstić information content (AvgIpc) is 2.68. The van der Waals surface area contributed by atoms with Crippen molar-refractivity contribution >= 4 is 11.9 Å². The van der Waals surface area contributed by atoms with Crippen LogP contribution in [-0.2, 0) is 28.9 Å². The molecule has 2 aromatic carbocycles. The van der Waals surface area contributed by atoms with Crippen LogP contribution >= 0.6 is 0 Å². The number of hydrogen-bond donors (Lipinski definition) is 2. The Morgan fingerprint density at radius 1 is 1.04 bits per heavy atom. The number of carboxylic acids is 1. The van der Waals surface area contributed by atoms with Crippen molar-refractivity contribution in [2.24, 2.45) is 5.92 Å². The Hall–Kier alpha value is -2.62. The van der Waals surface area contributed by atoms with E-state index in [2.05, 4.69) is 17.4 Å². The van der Waals surface area contributed by atoms with E-state index in [1.54, 1.807) is 0 Å². The molecule has 4 nitrogen and oxygen atoms in total. The summed E-state index contributed by atoms with van der Waals surface area (Å²) in [6.45, 7) is 3.83. The smallest absolute Gasteiger partial charge is 0.308 e. The van der Waals surface area contributed by atoms with Crippen LogP contribution in [0.1, 0.15) is 60.0 Å². The van der Waals surface area contributed by atoms with Gasteiger partial charge in [-0.3, -0.25) is 9.59 Å². The van der Waals surface area contributed by atoms with Crippen LogP contribution in [0.5, 0.6) is 0 Å². The van der Waals surface area contributed by atoms with Crippen molar-refractivity contribution in [1.82, 2.24) is 5.32 Å². The molecule has 0 saturated heterocycles. The molecule has 28 heavy (non-hydrogen) atoms. The maximum atomic E-state index is 12.8. The molecule has 1 aliphatic rings. The van der Waals surface area contributed by atoms with E-state index in [-0.39, 0.29) is 12.3 Å². The Labute approximate surface area is 167 Å². The summed E-state index contributed by atoms with van der Waals surface area (Å²) < 4.78 is 0. The Bertz CT molecular complexity index is 841. The molecule has 0 bridgehead atoms. The van der Waals surface area contributed by atoms with Gasteiger partial charge in [0.1, 0.15) is 0 Å². The van der Waals surface area contributed by atoms with Gasteiger partial charge in [-0.25, -0.2) is 0 Å². The molecule has 0 radical (unpaired) electrons. The van der Waals surface area contributed by atoms with E-state index in [1.165, 1.54) is 24.0 Å². The molecule has 2 atom stereocenters. The molecule has 0 aromatic heterocycles. The highest BCUT2D eigenvalue weighted by Gasteiger charge is 2.29. The molecular formula is C24H29NO3. The first-order valence-corrected chi connectivity index (χ1v) is 10.2. The van der Waals surface area contributed by atoms with Crippen LogP contribution in [-0.4, -0.2) is 17.0 Å². The number of benzene rings is 2. The summed E-state index contributed by atoms with van der Waals surface area (Å²) in [7, 11) is 0. The molecule has 0 aliphatic heterocycles. The summed E-state index contributed by atoms with van der Waals surface area (Å²) in [4.78, 5) is 24.5. The summed E-state index contributed by atoms with van der Waals surface area (Å²) in [6, 6.07) is 13.5. The predicted octanol–water partition coefficient (Wildman–Crippen LogP) is 4.38. The van der Waals surface area contributed by atoms with Crippen molar-refractivity contribution in [3.8, 4) is 0 Å². The van der Waals surface area contributed by atoms with Crippen LogP contribution in [0.4, 0.5) is 0 Å². The van der Waals surface area contributed by atoms with E-state index < -0.39 is 17.9 Å². The SMILES string of the molecule is CC[C@H](C(=O)O)[C@H](NC(=O)Cc1ccc2c(c1)CCCC2)c1ccc(C)cc1. The molecule has 148 valence electrons. The predicted molar refractivity (Wildman–Crippen MR) is 110 cm³/mol. The number of nitrogens with one attached hydrogen (secondary N) is 1. The first-order chi connectivity index (χ1) is 13.5. The molecular weight excluding hydrogens is 350 g/mol. The standard InChI is InChI=1S/C24H29NO3/c1-3-21(24(27)28)23(19-11-8-16(2)9-12-19)25-22(26)15-17-10-13-18-6-4-5-7-20(18)14-17/h8-14,21,23H,3-7,15H2,1-2H3,(H,25,26)(H,27,28)/t21-,23+/m0/s1. The molecule has 0 heterocycles. The minimum absolute atomic E-state index is 0.138. The Morgan fingerprint density at radius 3 is 2.36 bits per heavy atom. The summed E-state index contributed by atoms with van der Waals surface area (Å²) >= 11 is 0. The van der Waals surface area contributed by atoms with Crippen LogP contribution < -0.4 is 5.32 Å². The largest absolute Gasteiger partial charge is 0.481 e. The van der Waals surface area contributed by atoms with Crippen molar-refractivity contribution in [2.75, 3.05) is 0 Å². The van der Waals surface area contributed by atoms with Gasteiger partial charge in [-0.05, 0) is 61.3 Å². The lowest BCUT2D eigenvalue weighted by atomic mass is 9.89. The lowest BCUT2D eigenvalue weighted by Crippen LogP contribution is -2.37. The topological polar surface area (TPSA) is 66.4 Å². The van der Waals surface area contributed by atoms with Gasteiger partial charge in [0.05, 0.1) is 18.4 Å². The Kier molecular flexibility index (Phi) is 6.50. The van der Waals surface area contributed by atoms with Crippen LogP contribution in [0.3, 0.4) is 0 Å². The fourth-order valence-corrected chi connectivity index (χ4v) is 4.05. The third-order valence-electron chi connectivity index (χ3n) is 5.69. The number of amides is 1.